The first-order valence-electron chi connectivity index (χ1n) is 10.5. The number of sulfonamides is 1. The van der Waals surface area contributed by atoms with E-state index < -0.39 is 10.0 Å². The fourth-order valence-electron chi connectivity index (χ4n) is 4.75. The number of nitrogens with zero attached hydrogens (tertiary/aromatic N) is 3. The molecule has 2 aliphatic heterocycles. The van der Waals surface area contributed by atoms with Crippen LogP contribution in [0.4, 0.5) is 11.4 Å². The molecule has 1 saturated heterocycles. The van der Waals surface area contributed by atoms with Crippen LogP contribution in [0.1, 0.15) is 31.9 Å². The summed E-state index contributed by atoms with van der Waals surface area (Å²) >= 11 is 3.47. The first kappa shape index (κ1) is 22.3. The third-order valence-corrected chi connectivity index (χ3v) is 8.56. The van der Waals surface area contributed by atoms with E-state index in [0.29, 0.717) is 36.2 Å². The molecule has 2 aromatic rings. The van der Waals surface area contributed by atoms with Crippen molar-refractivity contribution in [2.75, 3.05) is 29.4 Å². The van der Waals surface area contributed by atoms with Gasteiger partial charge in [-0.15, -0.1) is 0 Å². The van der Waals surface area contributed by atoms with Crippen molar-refractivity contribution in [2.24, 2.45) is 0 Å². The Labute approximate surface area is 193 Å². The normalized spacial score (nSPS) is 22.0. The first-order chi connectivity index (χ1) is 14.6. The van der Waals surface area contributed by atoms with Gasteiger partial charge in [-0.3, -0.25) is 4.79 Å². The van der Waals surface area contributed by atoms with Crippen LogP contribution in [0.15, 0.2) is 45.8 Å². The quantitative estimate of drug-likeness (QED) is 0.633. The van der Waals surface area contributed by atoms with E-state index in [2.05, 4.69) is 58.9 Å². The summed E-state index contributed by atoms with van der Waals surface area (Å²) in [5.41, 5.74) is 3.74. The van der Waals surface area contributed by atoms with Crippen molar-refractivity contribution in [1.29, 1.82) is 0 Å². The molecule has 1 amide bonds. The highest BCUT2D eigenvalue weighted by Gasteiger charge is 2.39. The molecule has 0 aromatic heterocycles. The summed E-state index contributed by atoms with van der Waals surface area (Å²) in [6, 6.07) is 11.9. The molecule has 2 unspecified atom stereocenters. The largest absolute Gasteiger partial charge is 0.366 e. The fraction of sp³-hybridized carbons (Fsp3) is 0.435. The van der Waals surface area contributed by atoms with Gasteiger partial charge in [0, 0.05) is 48.8 Å². The van der Waals surface area contributed by atoms with Crippen molar-refractivity contribution < 1.29 is 13.2 Å². The lowest BCUT2D eigenvalue weighted by Gasteiger charge is -2.41. The van der Waals surface area contributed by atoms with Gasteiger partial charge < -0.3 is 9.80 Å². The van der Waals surface area contributed by atoms with Crippen LogP contribution in [-0.2, 0) is 21.2 Å². The van der Waals surface area contributed by atoms with Gasteiger partial charge in [-0.25, -0.2) is 8.42 Å². The van der Waals surface area contributed by atoms with Crippen LogP contribution in [0.2, 0.25) is 0 Å². The number of fused-ring (bicyclic) bond motifs is 1. The molecule has 8 heteroatoms. The van der Waals surface area contributed by atoms with Crippen LogP contribution >= 0.6 is 15.9 Å². The summed E-state index contributed by atoms with van der Waals surface area (Å²) in [6.45, 7) is 8.97. The van der Waals surface area contributed by atoms with E-state index >= 15 is 0 Å². The van der Waals surface area contributed by atoms with Crippen molar-refractivity contribution >= 4 is 43.2 Å². The van der Waals surface area contributed by atoms with E-state index in [1.807, 2.05) is 13.0 Å². The van der Waals surface area contributed by atoms with E-state index in [0.717, 1.165) is 11.3 Å². The lowest BCUT2D eigenvalue weighted by atomic mass is 10.1. The topological polar surface area (TPSA) is 60.9 Å². The number of hydrogen-bond acceptors (Lipinski definition) is 4. The van der Waals surface area contributed by atoms with Crippen molar-refractivity contribution in [2.45, 2.75) is 51.1 Å². The average Bonchev–Trinajstić information content (AvgIpc) is 3.03. The molecule has 0 aliphatic carbocycles. The molecule has 0 spiro atoms. The molecule has 0 saturated carbocycles. The standard InChI is InChI=1S/C23H28BrN3O3S/c1-15-5-7-21(8-6-15)26-10-9-25(14-17(26)3)31(29,30)22-13-20(24)12-19-11-16(2)27(18(4)28)23(19)22/h5-8,12-13,16-17H,9-11,14H2,1-4H3. The average molecular weight is 506 g/mol. The Morgan fingerprint density at radius 2 is 1.74 bits per heavy atom. The highest BCUT2D eigenvalue weighted by Crippen LogP contribution is 2.41. The molecule has 0 N–H and O–H groups in total. The van der Waals surface area contributed by atoms with Crippen molar-refractivity contribution in [1.82, 2.24) is 4.31 Å². The van der Waals surface area contributed by atoms with E-state index in [1.54, 1.807) is 15.3 Å². The Morgan fingerprint density at radius 3 is 2.35 bits per heavy atom. The van der Waals surface area contributed by atoms with Gasteiger partial charge in [-0.1, -0.05) is 33.6 Å². The molecule has 2 heterocycles. The summed E-state index contributed by atoms with van der Waals surface area (Å²) in [5, 5.41) is 0. The monoisotopic (exact) mass is 505 g/mol. The van der Waals surface area contributed by atoms with Crippen LogP contribution in [0.3, 0.4) is 0 Å². The molecule has 1 fully saturated rings. The Balaban J connectivity index is 1.66. The van der Waals surface area contributed by atoms with Crippen LogP contribution in [0, 0.1) is 6.92 Å². The van der Waals surface area contributed by atoms with Crippen molar-refractivity contribution in [3.63, 3.8) is 0 Å². The molecule has 31 heavy (non-hydrogen) atoms. The Hall–Kier alpha value is -1.90. The highest BCUT2D eigenvalue weighted by molar-refractivity contribution is 9.10. The zero-order valence-corrected chi connectivity index (χ0v) is 20.7. The smallest absolute Gasteiger partial charge is 0.245 e. The summed E-state index contributed by atoms with van der Waals surface area (Å²) < 4.78 is 29.8. The number of rotatable bonds is 3. The predicted molar refractivity (Wildman–Crippen MR) is 127 cm³/mol. The molecule has 166 valence electrons. The number of piperazine rings is 1. The van der Waals surface area contributed by atoms with Gasteiger partial charge in [0.05, 0.1) is 5.69 Å². The maximum absolute atomic E-state index is 13.8. The van der Waals surface area contributed by atoms with Gasteiger partial charge in [0.15, 0.2) is 0 Å². The number of benzene rings is 2. The molecule has 2 atom stereocenters. The number of anilines is 2. The van der Waals surface area contributed by atoms with Crippen LogP contribution in [0.25, 0.3) is 0 Å². The van der Waals surface area contributed by atoms with Gasteiger partial charge in [-0.05, 0) is 57.0 Å². The molecule has 0 bridgehead atoms. The number of hydrogen-bond donors (Lipinski definition) is 0. The second-order valence-corrected chi connectivity index (χ2v) is 11.4. The minimum atomic E-state index is -3.76. The van der Waals surface area contributed by atoms with Crippen LogP contribution in [0.5, 0.6) is 0 Å². The Morgan fingerprint density at radius 1 is 1.06 bits per heavy atom. The minimum absolute atomic E-state index is 0.0364. The molecule has 6 nitrogen and oxygen atoms in total. The molecule has 0 radical (unpaired) electrons. The summed E-state index contributed by atoms with van der Waals surface area (Å²) in [4.78, 5) is 16.4. The molecular weight excluding hydrogens is 478 g/mol. The third-order valence-electron chi connectivity index (χ3n) is 6.23. The second-order valence-electron chi connectivity index (χ2n) is 8.59. The van der Waals surface area contributed by atoms with Crippen LogP contribution < -0.4 is 9.80 Å². The second kappa shape index (κ2) is 8.22. The summed E-state index contributed by atoms with van der Waals surface area (Å²) in [6.07, 6.45) is 0.647. The SMILES string of the molecule is CC(=O)N1c2c(cc(Br)cc2S(=O)(=O)N2CCN(c3ccc(C)cc3)C(C)C2)CC1C. The molecule has 2 aliphatic rings. The van der Waals surface area contributed by atoms with E-state index in [4.69, 9.17) is 0 Å². The van der Waals surface area contributed by atoms with Gasteiger partial charge in [0.2, 0.25) is 15.9 Å². The predicted octanol–water partition coefficient (Wildman–Crippen LogP) is 3.95. The van der Waals surface area contributed by atoms with Crippen LogP contribution in [-0.4, -0.2) is 50.3 Å². The maximum Gasteiger partial charge on any atom is 0.245 e. The minimum Gasteiger partial charge on any atom is -0.366 e. The number of amides is 1. The Bertz CT molecular complexity index is 1120. The zero-order chi connectivity index (χ0) is 22.5. The van der Waals surface area contributed by atoms with Crippen molar-refractivity contribution in [3.8, 4) is 0 Å². The van der Waals surface area contributed by atoms with E-state index in [-0.39, 0.29) is 22.9 Å². The molecular formula is C23H28BrN3O3S. The maximum atomic E-state index is 13.8. The van der Waals surface area contributed by atoms with Gasteiger partial charge >= 0.3 is 0 Å². The van der Waals surface area contributed by atoms with E-state index in [1.165, 1.54) is 12.5 Å². The number of carbonyl (C=O) groups is 1. The lowest BCUT2D eigenvalue weighted by Crippen LogP contribution is -2.53. The van der Waals surface area contributed by atoms with Gasteiger partial charge in [-0.2, -0.15) is 4.31 Å². The molecule has 4 rings (SSSR count). The summed E-state index contributed by atoms with van der Waals surface area (Å²) in [7, 11) is -3.76. The summed E-state index contributed by atoms with van der Waals surface area (Å²) in [5.74, 6) is -0.136. The van der Waals surface area contributed by atoms with E-state index in [9.17, 15) is 13.2 Å². The number of carbonyl (C=O) groups excluding carboxylic acids is 1. The third kappa shape index (κ3) is 4.01. The fourth-order valence-corrected chi connectivity index (χ4v) is 7.17. The first-order valence-corrected chi connectivity index (χ1v) is 12.8. The van der Waals surface area contributed by atoms with Gasteiger partial charge in [0.25, 0.3) is 0 Å². The number of halogens is 1. The highest BCUT2D eigenvalue weighted by atomic mass is 79.9. The number of aryl methyl sites for hydroxylation is 1. The molecule has 2 aromatic carbocycles. The van der Waals surface area contributed by atoms with Gasteiger partial charge in [0.1, 0.15) is 4.90 Å². The zero-order valence-electron chi connectivity index (χ0n) is 18.3. The lowest BCUT2D eigenvalue weighted by molar-refractivity contribution is -0.116. The Kier molecular flexibility index (Phi) is 5.91. The van der Waals surface area contributed by atoms with Crippen molar-refractivity contribution in [3.05, 3.63) is 52.0 Å².